The van der Waals surface area contributed by atoms with Crippen molar-refractivity contribution in [3.63, 3.8) is 0 Å². The van der Waals surface area contributed by atoms with E-state index in [9.17, 15) is 0 Å². The molecule has 0 amide bonds. The molecule has 1 atom stereocenters. The van der Waals surface area contributed by atoms with Crippen molar-refractivity contribution < 1.29 is 9.47 Å². The lowest BCUT2D eigenvalue weighted by Gasteiger charge is -2.15. The van der Waals surface area contributed by atoms with Gasteiger partial charge < -0.3 is 20.1 Å². The van der Waals surface area contributed by atoms with Gasteiger partial charge in [-0.2, -0.15) is 5.10 Å². The Morgan fingerprint density at radius 3 is 2.81 bits per heavy atom. The number of aromatic nitrogens is 2. The molecule has 1 heterocycles. The summed E-state index contributed by atoms with van der Waals surface area (Å²) in [5, 5.41) is 13.7. The van der Waals surface area contributed by atoms with Crippen molar-refractivity contribution in [2.75, 3.05) is 26.7 Å². The molecule has 0 saturated heterocycles. The highest BCUT2D eigenvalue weighted by Gasteiger charge is 2.06. The van der Waals surface area contributed by atoms with Crippen molar-refractivity contribution in [2.24, 2.45) is 4.99 Å². The van der Waals surface area contributed by atoms with Crippen LogP contribution in [-0.2, 0) is 6.42 Å². The molecule has 148 valence electrons. The minimum Gasteiger partial charge on any atom is -0.497 e. The normalized spacial score (nSPS) is 12.5. The Morgan fingerprint density at radius 1 is 1.30 bits per heavy atom. The van der Waals surface area contributed by atoms with Gasteiger partial charge in [0.25, 0.3) is 0 Å². The maximum absolute atomic E-state index is 5.92. The molecule has 0 spiro atoms. The van der Waals surface area contributed by atoms with Gasteiger partial charge in [0, 0.05) is 24.8 Å². The quantitative estimate of drug-likeness (QED) is 0.339. The van der Waals surface area contributed by atoms with Crippen LogP contribution < -0.4 is 20.1 Å². The fourth-order valence-electron chi connectivity index (χ4n) is 2.62. The van der Waals surface area contributed by atoms with Crippen LogP contribution in [0.5, 0.6) is 11.5 Å². The van der Waals surface area contributed by atoms with E-state index in [-0.39, 0.29) is 6.10 Å². The molecule has 0 bridgehead atoms. The van der Waals surface area contributed by atoms with E-state index in [2.05, 4.69) is 32.7 Å². The van der Waals surface area contributed by atoms with Crippen molar-refractivity contribution in [1.82, 2.24) is 20.8 Å². The van der Waals surface area contributed by atoms with Crippen LogP contribution in [0.2, 0.25) is 0 Å². The lowest BCUT2D eigenvalue weighted by molar-refractivity contribution is 0.229. The van der Waals surface area contributed by atoms with Crippen molar-refractivity contribution in [2.45, 2.75) is 39.7 Å². The maximum atomic E-state index is 5.92. The first kappa shape index (κ1) is 20.6. The van der Waals surface area contributed by atoms with Crippen LogP contribution in [0, 0.1) is 6.92 Å². The number of hydrogen-bond donors (Lipinski definition) is 3. The Bertz CT molecular complexity index is 714. The van der Waals surface area contributed by atoms with E-state index in [1.54, 1.807) is 7.11 Å². The molecule has 0 aliphatic heterocycles. The third-order valence-electron chi connectivity index (χ3n) is 4.08. The Balaban J connectivity index is 1.78. The van der Waals surface area contributed by atoms with E-state index in [0.29, 0.717) is 6.54 Å². The number of nitrogens with zero attached hydrogens (tertiary/aromatic N) is 2. The second kappa shape index (κ2) is 11.1. The van der Waals surface area contributed by atoms with Crippen molar-refractivity contribution in [3.05, 3.63) is 41.7 Å². The predicted molar refractivity (Wildman–Crippen MR) is 109 cm³/mol. The summed E-state index contributed by atoms with van der Waals surface area (Å²) in [6.45, 7) is 8.34. The number of H-pyrrole nitrogens is 1. The maximum Gasteiger partial charge on any atom is 0.191 e. The number of rotatable bonds is 10. The molecule has 0 radical (unpaired) electrons. The SMILES string of the molecule is CCNC(=NCC(C)Oc1cccc(OC)c1)NCCCc1cn[nH]c1C. The minimum atomic E-state index is -0.0406. The molecule has 2 aromatic rings. The van der Waals surface area contributed by atoms with Crippen molar-refractivity contribution >= 4 is 5.96 Å². The zero-order valence-electron chi connectivity index (χ0n) is 16.7. The topological polar surface area (TPSA) is 83.6 Å². The molecule has 0 fully saturated rings. The van der Waals surface area contributed by atoms with Crippen molar-refractivity contribution in [1.29, 1.82) is 0 Å². The molecule has 0 saturated carbocycles. The van der Waals surface area contributed by atoms with Gasteiger partial charge in [-0.1, -0.05) is 6.07 Å². The van der Waals surface area contributed by atoms with Crippen LogP contribution in [0.1, 0.15) is 31.5 Å². The number of nitrogens with one attached hydrogen (secondary N) is 3. The van der Waals surface area contributed by atoms with Crippen LogP contribution in [0.4, 0.5) is 0 Å². The van der Waals surface area contributed by atoms with Gasteiger partial charge in [0.1, 0.15) is 17.6 Å². The number of aliphatic imine (C=N–C) groups is 1. The number of hydrogen-bond acceptors (Lipinski definition) is 4. The highest BCUT2D eigenvalue weighted by molar-refractivity contribution is 5.79. The van der Waals surface area contributed by atoms with E-state index < -0.39 is 0 Å². The lowest BCUT2D eigenvalue weighted by Crippen LogP contribution is -2.38. The number of aromatic amines is 1. The highest BCUT2D eigenvalue weighted by Crippen LogP contribution is 2.19. The molecule has 0 aliphatic rings. The molecule has 2 rings (SSSR count). The number of ether oxygens (including phenoxy) is 2. The van der Waals surface area contributed by atoms with Gasteiger partial charge in [-0.25, -0.2) is 4.99 Å². The van der Waals surface area contributed by atoms with E-state index in [1.165, 1.54) is 5.56 Å². The molecule has 7 heteroatoms. The monoisotopic (exact) mass is 373 g/mol. The Morgan fingerprint density at radius 2 is 2.11 bits per heavy atom. The number of guanidine groups is 1. The fourth-order valence-corrected chi connectivity index (χ4v) is 2.62. The molecule has 3 N–H and O–H groups in total. The number of aryl methyl sites for hydroxylation is 2. The average molecular weight is 374 g/mol. The zero-order valence-corrected chi connectivity index (χ0v) is 16.7. The summed E-state index contributed by atoms with van der Waals surface area (Å²) in [6.07, 6.45) is 3.86. The standard InChI is InChI=1S/C20H31N5O2/c1-5-21-20(22-11-7-8-17-14-24-25-16(17)3)23-13-15(2)27-19-10-6-9-18(12-19)26-4/h6,9-10,12,14-15H,5,7-8,11,13H2,1-4H3,(H,24,25)(H2,21,22,23). The predicted octanol–water partition coefficient (Wildman–Crippen LogP) is 2.68. The van der Waals surface area contributed by atoms with E-state index in [0.717, 1.165) is 49.1 Å². The van der Waals surface area contributed by atoms with E-state index >= 15 is 0 Å². The van der Waals surface area contributed by atoms with Gasteiger partial charge in [0.05, 0.1) is 19.9 Å². The lowest BCUT2D eigenvalue weighted by atomic mass is 10.1. The Labute approximate surface area is 161 Å². The molecule has 1 aromatic carbocycles. The third kappa shape index (κ3) is 7.21. The fraction of sp³-hybridized carbons (Fsp3) is 0.500. The van der Waals surface area contributed by atoms with Crippen LogP contribution >= 0.6 is 0 Å². The van der Waals surface area contributed by atoms with Gasteiger partial charge in [-0.3, -0.25) is 5.10 Å². The summed E-state index contributed by atoms with van der Waals surface area (Å²) >= 11 is 0. The summed E-state index contributed by atoms with van der Waals surface area (Å²) in [7, 11) is 1.65. The first-order valence-electron chi connectivity index (χ1n) is 9.44. The second-order valence-electron chi connectivity index (χ2n) is 6.38. The summed E-state index contributed by atoms with van der Waals surface area (Å²) in [5.74, 6) is 2.37. The smallest absolute Gasteiger partial charge is 0.191 e. The summed E-state index contributed by atoms with van der Waals surface area (Å²) in [4.78, 5) is 4.62. The molecule has 0 aliphatic carbocycles. The van der Waals surface area contributed by atoms with Crippen LogP contribution in [0.3, 0.4) is 0 Å². The number of benzene rings is 1. The van der Waals surface area contributed by atoms with Gasteiger partial charge in [0.2, 0.25) is 0 Å². The molecule has 7 nitrogen and oxygen atoms in total. The first-order chi connectivity index (χ1) is 13.1. The minimum absolute atomic E-state index is 0.0406. The second-order valence-corrected chi connectivity index (χ2v) is 6.38. The van der Waals surface area contributed by atoms with Crippen LogP contribution in [0.15, 0.2) is 35.5 Å². The third-order valence-corrected chi connectivity index (χ3v) is 4.08. The van der Waals surface area contributed by atoms with Gasteiger partial charge in [0.15, 0.2) is 5.96 Å². The first-order valence-corrected chi connectivity index (χ1v) is 9.44. The van der Waals surface area contributed by atoms with Gasteiger partial charge in [-0.15, -0.1) is 0 Å². The van der Waals surface area contributed by atoms with Gasteiger partial charge in [-0.05, 0) is 51.3 Å². The molecule has 1 unspecified atom stereocenters. The molecule has 27 heavy (non-hydrogen) atoms. The average Bonchev–Trinajstić information content (AvgIpc) is 3.08. The summed E-state index contributed by atoms with van der Waals surface area (Å²) in [5.41, 5.74) is 2.40. The molecular weight excluding hydrogens is 342 g/mol. The van der Waals surface area contributed by atoms with E-state index in [4.69, 9.17) is 9.47 Å². The largest absolute Gasteiger partial charge is 0.497 e. The highest BCUT2D eigenvalue weighted by atomic mass is 16.5. The molecule has 1 aromatic heterocycles. The summed E-state index contributed by atoms with van der Waals surface area (Å²) < 4.78 is 11.1. The van der Waals surface area contributed by atoms with Gasteiger partial charge >= 0.3 is 0 Å². The Hall–Kier alpha value is -2.70. The number of methoxy groups -OCH3 is 1. The van der Waals surface area contributed by atoms with Crippen LogP contribution in [0.25, 0.3) is 0 Å². The Kier molecular flexibility index (Phi) is 8.48. The van der Waals surface area contributed by atoms with E-state index in [1.807, 2.05) is 44.3 Å². The van der Waals surface area contributed by atoms with Crippen LogP contribution in [-0.4, -0.2) is 49.0 Å². The molecular formula is C20H31N5O2. The summed E-state index contributed by atoms with van der Waals surface area (Å²) in [6, 6.07) is 7.61. The zero-order chi connectivity index (χ0) is 19.5. The van der Waals surface area contributed by atoms with Crippen molar-refractivity contribution in [3.8, 4) is 11.5 Å².